The van der Waals surface area contributed by atoms with Crippen molar-refractivity contribution < 1.29 is 17.4 Å². The number of carbonyl (C=O) groups excluding carboxylic acids is 1. The van der Waals surface area contributed by atoms with Gasteiger partial charge in [-0.3, -0.25) is 4.79 Å². The van der Waals surface area contributed by atoms with E-state index in [1.807, 2.05) is 18.7 Å². The van der Waals surface area contributed by atoms with Crippen LogP contribution in [0.4, 0.5) is 0 Å². The Morgan fingerprint density at radius 3 is 2.20 bits per heavy atom. The van der Waals surface area contributed by atoms with Gasteiger partial charge >= 0.3 is 10.1 Å². The fourth-order valence-electron chi connectivity index (χ4n) is 2.72. The molecular formula is C19H31NO4S. The number of nitrogens with zero attached hydrogens (tertiary/aromatic N) is 1. The van der Waals surface area contributed by atoms with Crippen LogP contribution >= 0.6 is 0 Å². The molecule has 142 valence electrons. The molecule has 0 heterocycles. The van der Waals surface area contributed by atoms with E-state index in [0.717, 1.165) is 37.5 Å². The second kappa shape index (κ2) is 9.80. The molecule has 0 radical (unpaired) electrons. The molecule has 1 rings (SSSR count). The first-order valence-electron chi connectivity index (χ1n) is 8.96. The van der Waals surface area contributed by atoms with Crippen LogP contribution in [-0.4, -0.2) is 31.5 Å². The summed E-state index contributed by atoms with van der Waals surface area (Å²) in [4.78, 5) is 14.8. The largest absolute Gasteiger partial charge is 0.383 e. The van der Waals surface area contributed by atoms with E-state index >= 15 is 0 Å². The minimum atomic E-state index is -3.53. The van der Waals surface area contributed by atoms with Gasteiger partial charge in [-0.05, 0) is 44.4 Å². The molecule has 0 aliphatic carbocycles. The SMILES string of the molecule is CCCC[C@H](CC)C(=O)N(Cc1ccc(OS(C)(=O)=O)cc1)C(C)C. The van der Waals surface area contributed by atoms with Gasteiger partial charge in [0.25, 0.3) is 0 Å². The van der Waals surface area contributed by atoms with Crippen LogP contribution in [0.15, 0.2) is 24.3 Å². The monoisotopic (exact) mass is 369 g/mol. The number of amides is 1. The maximum absolute atomic E-state index is 12.9. The molecule has 0 aliphatic rings. The van der Waals surface area contributed by atoms with Crippen molar-refractivity contribution in [2.24, 2.45) is 5.92 Å². The van der Waals surface area contributed by atoms with E-state index in [-0.39, 0.29) is 23.6 Å². The van der Waals surface area contributed by atoms with Crippen molar-refractivity contribution >= 4 is 16.0 Å². The first-order valence-corrected chi connectivity index (χ1v) is 10.8. The van der Waals surface area contributed by atoms with E-state index in [1.54, 1.807) is 24.3 Å². The predicted octanol–water partition coefficient (Wildman–Crippen LogP) is 3.98. The minimum absolute atomic E-state index is 0.0650. The van der Waals surface area contributed by atoms with Gasteiger partial charge in [-0.2, -0.15) is 8.42 Å². The topological polar surface area (TPSA) is 63.7 Å². The molecule has 6 heteroatoms. The maximum atomic E-state index is 12.9. The molecule has 0 aliphatic heterocycles. The second-order valence-corrected chi connectivity index (χ2v) is 8.31. The first-order chi connectivity index (χ1) is 11.7. The highest BCUT2D eigenvalue weighted by Crippen LogP contribution is 2.21. The quantitative estimate of drug-likeness (QED) is 0.585. The minimum Gasteiger partial charge on any atom is -0.383 e. The van der Waals surface area contributed by atoms with Crippen molar-refractivity contribution in [2.45, 2.75) is 66.0 Å². The summed E-state index contributed by atoms with van der Waals surface area (Å²) in [7, 11) is -3.53. The molecule has 0 spiro atoms. The number of carbonyl (C=O) groups is 1. The number of hydrogen-bond acceptors (Lipinski definition) is 4. The maximum Gasteiger partial charge on any atom is 0.306 e. The van der Waals surface area contributed by atoms with Gasteiger partial charge in [0.05, 0.1) is 6.26 Å². The summed E-state index contributed by atoms with van der Waals surface area (Å²) in [6.07, 6.45) is 4.95. The van der Waals surface area contributed by atoms with E-state index in [9.17, 15) is 13.2 Å². The van der Waals surface area contributed by atoms with E-state index < -0.39 is 10.1 Å². The predicted molar refractivity (Wildman–Crippen MR) is 101 cm³/mol. The Morgan fingerprint density at radius 2 is 1.76 bits per heavy atom. The molecule has 0 saturated heterocycles. The second-order valence-electron chi connectivity index (χ2n) is 6.74. The summed E-state index contributed by atoms with van der Waals surface area (Å²) in [6.45, 7) is 8.75. The van der Waals surface area contributed by atoms with Crippen LogP contribution in [0.2, 0.25) is 0 Å². The van der Waals surface area contributed by atoms with Crippen molar-refractivity contribution in [1.29, 1.82) is 0 Å². The molecule has 1 atom stereocenters. The molecule has 0 N–H and O–H groups in total. The van der Waals surface area contributed by atoms with Gasteiger partial charge in [-0.1, -0.05) is 38.8 Å². The summed E-state index contributed by atoms with van der Waals surface area (Å²) >= 11 is 0. The fourth-order valence-corrected chi connectivity index (χ4v) is 3.18. The Bertz CT molecular complexity index is 638. The first kappa shape index (κ1) is 21.5. The highest BCUT2D eigenvalue weighted by molar-refractivity contribution is 7.86. The van der Waals surface area contributed by atoms with Gasteiger partial charge in [0, 0.05) is 18.5 Å². The van der Waals surface area contributed by atoms with Crippen LogP contribution < -0.4 is 4.18 Å². The van der Waals surface area contributed by atoms with Crippen LogP contribution in [0.5, 0.6) is 5.75 Å². The molecule has 0 unspecified atom stereocenters. The van der Waals surface area contributed by atoms with E-state index in [2.05, 4.69) is 13.8 Å². The zero-order valence-corrected chi connectivity index (χ0v) is 16.8. The third-order valence-corrected chi connectivity index (χ3v) is 4.67. The molecule has 5 nitrogen and oxygen atoms in total. The highest BCUT2D eigenvalue weighted by atomic mass is 32.2. The standard InChI is InChI=1S/C19H31NO4S/c1-6-8-9-17(7-2)19(21)20(15(3)4)14-16-10-12-18(13-11-16)24-25(5,22)23/h10-13,15,17H,6-9,14H2,1-5H3/t17-/m0/s1. The zero-order valence-electron chi connectivity index (χ0n) is 16.0. The van der Waals surface area contributed by atoms with Gasteiger partial charge in [-0.15, -0.1) is 0 Å². The molecular weight excluding hydrogens is 338 g/mol. The summed E-state index contributed by atoms with van der Waals surface area (Å²) in [5.74, 6) is 0.542. The third-order valence-electron chi connectivity index (χ3n) is 4.18. The molecule has 0 aromatic heterocycles. The van der Waals surface area contributed by atoms with E-state index in [0.29, 0.717) is 6.54 Å². The summed E-state index contributed by atoms with van der Waals surface area (Å²) in [5.41, 5.74) is 0.952. The highest BCUT2D eigenvalue weighted by Gasteiger charge is 2.24. The smallest absolute Gasteiger partial charge is 0.306 e. The molecule has 25 heavy (non-hydrogen) atoms. The van der Waals surface area contributed by atoms with Gasteiger partial charge in [-0.25, -0.2) is 0 Å². The Kier molecular flexibility index (Phi) is 8.42. The Hall–Kier alpha value is -1.56. The number of rotatable bonds is 10. The molecule has 1 amide bonds. The molecule has 1 aromatic rings. The van der Waals surface area contributed by atoms with E-state index in [4.69, 9.17) is 4.18 Å². The van der Waals surface area contributed by atoms with E-state index in [1.165, 1.54) is 0 Å². The van der Waals surface area contributed by atoms with Crippen LogP contribution in [0, 0.1) is 5.92 Å². The average Bonchev–Trinajstić information content (AvgIpc) is 2.52. The zero-order chi connectivity index (χ0) is 19.0. The van der Waals surface area contributed by atoms with Gasteiger partial charge in [0.15, 0.2) is 0 Å². The van der Waals surface area contributed by atoms with Crippen molar-refractivity contribution in [3.63, 3.8) is 0 Å². The fraction of sp³-hybridized carbons (Fsp3) is 0.632. The van der Waals surface area contributed by atoms with Crippen LogP contribution in [0.1, 0.15) is 58.9 Å². The summed E-state index contributed by atoms with van der Waals surface area (Å²) in [6, 6.07) is 6.95. The normalized spacial score (nSPS) is 12.9. The van der Waals surface area contributed by atoms with Crippen molar-refractivity contribution in [3.05, 3.63) is 29.8 Å². The van der Waals surface area contributed by atoms with Crippen LogP contribution in [0.3, 0.4) is 0 Å². The molecule has 0 saturated carbocycles. The van der Waals surface area contributed by atoms with Crippen LogP contribution in [-0.2, 0) is 21.5 Å². The number of benzene rings is 1. The van der Waals surface area contributed by atoms with Gasteiger partial charge in [0.2, 0.25) is 5.91 Å². The lowest BCUT2D eigenvalue weighted by molar-refractivity contribution is -0.138. The van der Waals surface area contributed by atoms with Crippen molar-refractivity contribution in [2.75, 3.05) is 6.26 Å². The lowest BCUT2D eigenvalue weighted by atomic mass is 9.97. The van der Waals surface area contributed by atoms with Crippen LogP contribution in [0.25, 0.3) is 0 Å². The van der Waals surface area contributed by atoms with Gasteiger partial charge in [0.1, 0.15) is 5.75 Å². The molecule has 0 fully saturated rings. The van der Waals surface area contributed by atoms with Gasteiger partial charge < -0.3 is 9.08 Å². The third kappa shape index (κ3) is 7.46. The number of hydrogen-bond donors (Lipinski definition) is 0. The number of unbranched alkanes of at least 4 members (excludes halogenated alkanes) is 1. The molecule has 1 aromatic carbocycles. The van der Waals surface area contributed by atoms with Crippen molar-refractivity contribution in [3.8, 4) is 5.75 Å². The summed E-state index contributed by atoms with van der Waals surface area (Å²) in [5, 5.41) is 0. The Morgan fingerprint density at radius 1 is 1.16 bits per heavy atom. The lowest BCUT2D eigenvalue weighted by Gasteiger charge is -2.30. The Balaban J connectivity index is 2.85. The molecule has 0 bridgehead atoms. The average molecular weight is 370 g/mol. The Labute approximate surface area is 152 Å². The summed E-state index contributed by atoms with van der Waals surface area (Å²) < 4.78 is 27.2. The van der Waals surface area contributed by atoms with Crippen molar-refractivity contribution in [1.82, 2.24) is 4.90 Å². The lowest BCUT2D eigenvalue weighted by Crippen LogP contribution is -2.40.